The van der Waals surface area contributed by atoms with Gasteiger partial charge in [0.15, 0.2) is 4.67 Å². The number of alkyl halides is 1. The number of furan rings is 1. The van der Waals surface area contributed by atoms with Crippen molar-refractivity contribution in [2.24, 2.45) is 0 Å². The van der Waals surface area contributed by atoms with Gasteiger partial charge in [0.1, 0.15) is 5.76 Å². The fourth-order valence-corrected chi connectivity index (χ4v) is 2.42. The minimum Gasteiger partial charge on any atom is -0.453 e. The Bertz CT molecular complexity index is 459. The maximum atomic E-state index is 5.53. The summed E-state index contributed by atoms with van der Waals surface area (Å²) in [6, 6.07) is 12.5. The quantitative estimate of drug-likeness (QED) is 0.707. The topological polar surface area (TPSA) is 13.1 Å². The predicted octanol–water partition coefficient (Wildman–Crippen LogP) is 5.09. The van der Waals surface area contributed by atoms with Gasteiger partial charge in [-0.2, -0.15) is 0 Å². The van der Waals surface area contributed by atoms with Gasteiger partial charge in [-0.3, -0.25) is 0 Å². The van der Waals surface area contributed by atoms with E-state index in [0.29, 0.717) is 0 Å². The van der Waals surface area contributed by atoms with E-state index in [-0.39, 0.29) is 4.83 Å². The number of benzene rings is 1. The third-order valence-corrected chi connectivity index (χ3v) is 3.93. The van der Waals surface area contributed by atoms with Crippen LogP contribution in [0.15, 0.2) is 45.5 Å². The third-order valence-electron chi connectivity index (χ3n) is 2.52. The molecule has 3 heteroatoms. The Morgan fingerprint density at radius 3 is 2.31 bits per heavy atom. The van der Waals surface area contributed by atoms with E-state index in [4.69, 9.17) is 4.42 Å². The Kier molecular flexibility index (Phi) is 3.87. The molecule has 0 saturated carbocycles. The summed E-state index contributed by atoms with van der Waals surface area (Å²) in [6.45, 7) is 2.16. The van der Waals surface area contributed by atoms with E-state index in [9.17, 15) is 0 Å². The second-order valence-electron chi connectivity index (χ2n) is 3.60. The first-order valence-corrected chi connectivity index (χ1v) is 6.89. The molecular weight excluding hydrogens is 332 g/mol. The first-order valence-electron chi connectivity index (χ1n) is 5.19. The first-order chi connectivity index (χ1) is 7.70. The highest BCUT2D eigenvalue weighted by Crippen LogP contribution is 2.33. The Morgan fingerprint density at radius 2 is 1.81 bits per heavy atom. The molecule has 0 aliphatic heterocycles. The Balaban J connectivity index is 2.23. The van der Waals surface area contributed by atoms with Crippen LogP contribution in [0.25, 0.3) is 0 Å². The highest BCUT2D eigenvalue weighted by Gasteiger charge is 2.13. The maximum absolute atomic E-state index is 5.53. The average Bonchev–Trinajstić information content (AvgIpc) is 2.75. The summed E-state index contributed by atoms with van der Waals surface area (Å²) < 4.78 is 6.29. The van der Waals surface area contributed by atoms with Crippen molar-refractivity contribution >= 4 is 31.9 Å². The van der Waals surface area contributed by atoms with E-state index in [2.05, 4.69) is 63.0 Å². The van der Waals surface area contributed by atoms with Crippen LogP contribution in [0.2, 0.25) is 0 Å². The van der Waals surface area contributed by atoms with Gasteiger partial charge in [-0.1, -0.05) is 47.1 Å². The molecule has 0 spiro atoms. The zero-order valence-electron chi connectivity index (χ0n) is 8.91. The number of hydrogen-bond acceptors (Lipinski definition) is 1. The normalized spacial score (nSPS) is 12.7. The molecular formula is C13H12Br2O. The molecule has 1 nitrogen and oxygen atoms in total. The molecule has 1 aromatic heterocycles. The van der Waals surface area contributed by atoms with Gasteiger partial charge < -0.3 is 4.42 Å². The fraction of sp³-hybridized carbons (Fsp3) is 0.231. The van der Waals surface area contributed by atoms with Crippen LogP contribution in [0.5, 0.6) is 0 Å². The molecule has 0 fully saturated rings. The van der Waals surface area contributed by atoms with Crippen LogP contribution >= 0.6 is 31.9 Å². The average molecular weight is 344 g/mol. The third kappa shape index (κ3) is 2.58. The van der Waals surface area contributed by atoms with Crippen molar-refractivity contribution in [3.05, 3.63) is 58.0 Å². The first kappa shape index (κ1) is 11.9. The van der Waals surface area contributed by atoms with Crippen molar-refractivity contribution in [2.45, 2.75) is 18.2 Å². The van der Waals surface area contributed by atoms with Gasteiger partial charge in [0, 0.05) is 0 Å². The molecule has 2 aromatic rings. The Labute approximate surface area is 112 Å². The number of hydrogen-bond donors (Lipinski definition) is 0. The molecule has 1 unspecified atom stereocenters. The molecule has 0 radical (unpaired) electrons. The van der Waals surface area contributed by atoms with Gasteiger partial charge in [0.25, 0.3) is 0 Å². The molecule has 1 heterocycles. The van der Waals surface area contributed by atoms with E-state index in [1.807, 2.05) is 12.1 Å². The van der Waals surface area contributed by atoms with E-state index >= 15 is 0 Å². The largest absolute Gasteiger partial charge is 0.453 e. The van der Waals surface area contributed by atoms with Crippen LogP contribution in [0.3, 0.4) is 0 Å². The summed E-state index contributed by atoms with van der Waals surface area (Å²) in [6.07, 6.45) is 1.07. The van der Waals surface area contributed by atoms with Crippen molar-refractivity contribution < 1.29 is 4.42 Å². The standard InChI is InChI=1S/C13H12Br2O/c1-2-9-3-5-10(6-4-9)13(15)11-7-8-12(14)16-11/h3-8,13H,2H2,1H3. The van der Waals surface area contributed by atoms with Gasteiger partial charge in [-0.05, 0) is 45.6 Å². The smallest absolute Gasteiger partial charge is 0.169 e. The van der Waals surface area contributed by atoms with Crippen molar-refractivity contribution in [3.8, 4) is 0 Å². The van der Waals surface area contributed by atoms with E-state index < -0.39 is 0 Å². The van der Waals surface area contributed by atoms with Gasteiger partial charge in [0.2, 0.25) is 0 Å². The molecule has 2 rings (SSSR count). The van der Waals surface area contributed by atoms with Crippen molar-refractivity contribution in [2.75, 3.05) is 0 Å². The second kappa shape index (κ2) is 5.19. The summed E-state index contributed by atoms with van der Waals surface area (Å²) >= 11 is 6.95. The number of aryl methyl sites for hydroxylation is 1. The van der Waals surface area contributed by atoms with Crippen LogP contribution in [0.1, 0.15) is 28.6 Å². The summed E-state index contributed by atoms with van der Waals surface area (Å²) in [5.74, 6) is 0.913. The van der Waals surface area contributed by atoms with Crippen LogP contribution in [0, 0.1) is 0 Å². The van der Waals surface area contributed by atoms with Crippen molar-refractivity contribution in [1.29, 1.82) is 0 Å². The number of rotatable bonds is 3. The minimum atomic E-state index is 0.115. The molecule has 1 aromatic carbocycles. The Morgan fingerprint density at radius 1 is 1.12 bits per heavy atom. The highest BCUT2D eigenvalue weighted by molar-refractivity contribution is 9.10. The van der Waals surface area contributed by atoms with E-state index in [1.165, 1.54) is 11.1 Å². The van der Waals surface area contributed by atoms with Crippen LogP contribution in [0.4, 0.5) is 0 Å². The number of halogens is 2. The molecule has 0 aliphatic rings. The summed E-state index contributed by atoms with van der Waals surface area (Å²) in [7, 11) is 0. The summed E-state index contributed by atoms with van der Waals surface area (Å²) in [5, 5.41) is 0. The molecule has 0 bridgehead atoms. The highest BCUT2D eigenvalue weighted by atomic mass is 79.9. The lowest BCUT2D eigenvalue weighted by atomic mass is 10.1. The molecule has 0 saturated heterocycles. The predicted molar refractivity (Wildman–Crippen MR) is 73.0 cm³/mol. The Hall–Kier alpha value is -0.540. The van der Waals surface area contributed by atoms with Gasteiger partial charge in [-0.25, -0.2) is 0 Å². The molecule has 1 atom stereocenters. The zero-order chi connectivity index (χ0) is 11.5. The van der Waals surface area contributed by atoms with Gasteiger partial charge >= 0.3 is 0 Å². The van der Waals surface area contributed by atoms with Crippen LogP contribution < -0.4 is 0 Å². The summed E-state index contributed by atoms with van der Waals surface area (Å²) in [4.78, 5) is 0.115. The van der Waals surface area contributed by atoms with Crippen molar-refractivity contribution in [3.63, 3.8) is 0 Å². The molecule has 0 aliphatic carbocycles. The minimum absolute atomic E-state index is 0.115. The molecule has 16 heavy (non-hydrogen) atoms. The lowest BCUT2D eigenvalue weighted by molar-refractivity contribution is 0.497. The van der Waals surface area contributed by atoms with Crippen LogP contribution in [-0.4, -0.2) is 0 Å². The zero-order valence-corrected chi connectivity index (χ0v) is 12.1. The fourth-order valence-electron chi connectivity index (χ4n) is 1.55. The molecule has 0 N–H and O–H groups in total. The molecule has 0 amide bonds. The van der Waals surface area contributed by atoms with Crippen LogP contribution in [-0.2, 0) is 6.42 Å². The lowest BCUT2D eigenvalue weighted by Crippen LogP contribution is -1.91. The second-order valence-corrected chi connectivity index (χ2v) is 5.30. The van der Waals surface area contributed by atoms with E-state index in [0.717, 1.165) is 16.9 Å². The molecule has 84 valence electrons. The van der Waals surface area contributed by atoms with Crippen molar-refractivity contribution in [1.82, 2.24) is 0 Å². The van der Waals surface area contributed by atoms with E-state index in [1.54, 1.807) is 0 Å². The maximum Gasteiger partial charge on any atom is 0.169 e. The SMILES string of the molecule is CCc1ccc(C(Br)c2ccc(Br)o2)cc1. The lowest BCUT2D eigenvalue weighted by Gasteiger charge is -2.07. The summed E-state index contributed by atoms with van der Waals surface area (Å²) in [5.41, 5.74) is 2.56. The van der Waals surface area contributed by atoms with Gasteiger partial charge in [-0.15, -0.1) is 0 Å². The van der Waals surface area contributed by atoms with Gasteiger partial charge in [0.05, 0.1) is 4.83 Å². The monoisotopic (exact) mass is 342 g/mol.